The van der Waals surface area contributed by atoms with Crippen molar-refractivity contribution in [3.8, 4) is 0 Å². The van der Waals surface area contributed by atoms with Gasteiger partial charge in [-0.25, -0.2) is 0 Å². The Bertz CT molecular complexity index is 642. The molecule has 2 N–H and O–H groups in total. The molecule has 4 rings (SSSR count). The van der Waals surface area contributed by atoms with Crippen molar-refractivity contribution in [1.82, 2.24) is 10.6 Å². The molecular weight excluding hydrogens is 437 g/mol. The van der Waals surface area contributed by atoms with Crippen molar-refractivity contribution in [2.45, 2.75) is 51.0 Å². The third-order valence-corrected chi connectivity index (χ3v) is 6.21. The lowest BCUT2D eigenvalue weighted by Gasteiger charge is -2.21. The molecule has 1 aromatic rings. The summed E-state index contributed by atoms with van der Waals surface area (Å²) in [5.41, 5.74) is 3.09. The second-order valence-electron chi connectivity index (χ2n) is 8.07. The molecule has 1 aromatic carbocycles. The summed E-state index contributed by atoms with van der Waals surface area (Å²) in [6, 6.07) is 9.01. The van der Waals surface area contributed by atoms with E-state index < -0.39 is 0 Å². The SMILES string of the molecule is CCNC(=NCC1(C)CCCO1)NCC1C2CCc3ccccc3C21.I. The Morgan fingerprint density at radius 3 is 2.92 bits per heavy atom. The van der Waals surface area contributed by atoms with Gasteiger partial charge >= 0.3 is 0 Å². The minimum Gasteiger partial charge on any atom is -0.373 e. The van der Waals surface area contributed by atoms with Crippen LogP contribution in [0.15, 0.2) is 29.3 Å². The summed E-state index contributed by atoms with van der Waals surface area (Å²) in [5.74, 6) is 3.32. The Labute approximate surface area is 174 Å². The molecule has 4 unspecified atom stereocenters. The molecule has 0 aromatic heterocycles. The Morgan fingerprint density at radius 2 is 2.15 bits per heavy atom. The lowest BCUT2D eigenvalue weighted by molar-refractivity contribution is 0.0283. The Hall–Kier alpha value is -0.820. The Morgan fingerprint density at radius 1 is 1.31 bits per heavy atom. The molecule has 3 aliphatic rings. The summed E-state index contributed by atoms with van der Waals surface area (Å²) in [7, 11) is 0. The molecule has 5 heteroatoms. The molecule has 2 aliphatic carbocycles. The van der Waals surface area contributed by atoms with Gasteiger partial charge in [0.1, 0.15) is 0 Å². The lowest BCUT2D eigenvalue weighted by atomic mass is 9.92. The number of fused-ring (bicyclic) bond motifs is 3. The molecule has 1 saturated carbocycles. The lowest BCUT2D eigenvalue weighted by Crippen LogP contribution is -2.40. The first-order valence-corrected chi connectivity index (χ1v) is 9.94. The second-order valence-corrected chi connectivity index (χ2v) is 8.07. The molecule has 0 amide bonds. The van der Waals surface area contributed by atoms with Crippen LogP contribution in [0.25, 0.3) is 0 Å². The van der Waals surface area contributed by atoms with E-state index in [1.54, 1.807) is 11.1 Å². The van der Waals surface area contributed by atoms with Crippen LogP contribution in [0.1, 0.15) is 50.2 Å². The van der Waals surface area contributed by atoms with Crippen LogP contribution in [-0.2, 0) is 11.2 Å². The number of ether oxygens (including phenoxy) is 1. The molecular formula is C21H32IN3O. The maximum Gasteiger partial charge on any atom is 0.191 e. The van der Waals surface area contributed by atoms with Crippen molar-refractivity contribution in [1.29, 1.82) is 0 Å². The van der Waals surface area contributed by atoms with Crippen LogP contribution in [0.3, 0.4) is 0 Å². The molecule has 0 spiro atoms. The number of nitrogens with one attached hydrogen (secondary N) is 2. The van der Waals surface area contributed by atoms with Crippen LogP contribution in [0.5, 0.6) is 0 Å². The molecule has 26 heavy (non-hydrogen) atoms. The predicted octanol–water partition coefficient (Wildman–Crippen LogP) is 3.70. The van der Waals surface area contributed by atoms with E-state index in [1.807, 2.05) is 0 Å². The van der Waals surface area contributed by atoms with Gasteiger partial charge in [0, 0.05) is 19.7 Å². The zero-order valence-corrected chi connectivity index (χ0v) is 18.3. The van der Waals surface area contributed by atoms with E-state index in [-0.39, 0.29) is 29.6 Å². The van der Waals surface area contributed by atoms with Crippen LogP contribution >= 0.6 is 24.0 Å². The topological polar surface area (TPSA) is 45.7 Å². The van der Waals surface area contributed by atoms with Crippen LogP contribution in [-0.4, -0.2) is 37.8 Å². The van der Waals surface area contributed by atoms with Gasteiger partial charge in [0.2, 0.25) is 0 Å². The fraction of sp³-hybridized carbons (Fsp3) is 0.667. The van der Waals surface area contributed by atoms with Gasteiger partial charge in [-0.15, -0.1) is 24.0 Å². The highest BCUT2D eigenvalue weighted by Crippen LogP contribution is 2.59. The molecule has 2 fully saturated rings. The third-order valence-electron chi connectivity index (χ3n) is 6.21. The van der Waals surface area contributed by atoms with Crippen molar-refractivity contribution >= 4 is 29.9 Å². The number of aryl methyl sites for hydroxylation is 1. The number of halogens is 1. The van der Waals surface area contributed by atoms with Crippen LogP contribution in [0, 0.1) is 11.8 Å². The van der Waals surface area contributed by atoms with E-state index in [1.165, 1.54) is 12.8 Å². The first kappa shape index (κ1) is 19.9. The predicted molar refractivity (Wildman–Crippen MR) is 117 cm³/mol. The molecule has 4 atom stereocenters. The van der Waals surface area contributed by atoms with Crippen LogP contribution in [0.2, 0.25) is 0 Å². The minimum absolute atomic E-state index is 0. The monoisotopic (exact) mass is 469 g/mol. The normalized spacial score (nSPS) is 32.2. The van der Waals surface area contributed by atoms with Gasteiger partial charge in [0.05, 0.1) is 12.1 Å². The van der Waals surface area contributed by atoms with Gasteiger partial charge in [0.15, 0.2) is 5.96 Å². The van der Waals surface area contributed by atoms with Gasteiger partial charge in [-0.1, -0.05) is 24.3 Å². The zero-order chi connectivity index (χ0) is 17.3. The highest BCUT2D eigenvalue weighted by Gasteiger charge is 2.52. The van der Waals surface area contributed by atoms with Crippen molar-refractivity contribution < 1.29 is 4.74 Å². The smallest absolute Gasteiger partial charge is 0.191 e. The summed E-state index contributed by atoms with van der Waals surface area (Å²) in [4.78, 5) is 4.80. The molecule has 1 aliphatic heterocycles. The standard InChI is InChI=1S/C21H31N3O.HI/c1-3-22-20(24-14-21(2)11-6-12-25-21)23-13-18-17-10-9-15-7-4-5-8-16(15)19(17)18;/h4-5,7-8,17-19H,3,6,9-14H2,1-2H3,(H2,22,23,24);1H. The zero-order valence-electron chi connectivity index (χ0n) is 16.0. The highest BCUT2D eigenvalue weighted by atomic mass is 127. The second kappa shape index (κ2) is 8.46. The van der Waals surface area contributed by atoms with Gasteiger partial charge in [-0.2, -0.15) is 0 Å². The van der Waals surface area contributed by atoms with E-state index in [2.05, 4.69) is 48.7 Å². The van der Waals surface area contributed by atoms with Gasteiger partial charge in [0.25, 0.3) is 0 Å². The fourth-order valence-corrected chi connectivity index (χ4v) is 4.75. The fourth-order valence-electron chi connectivity index (χ4n) is 4.75. The quantitative estimate of drug-likeness (QED) is 0.393. The first-order chi connectivity index (χ1) is 12.2. The summed E-state index contributed by atoms with van der Waals surface area (Å²) in [5, 5.41) is 6.99. The molecule has 1 heterocycles. The Balaban J connectivity index is 0.00000196. The van der Waals surface area contributed by atoms with Crippen molar-refractivity contribution in [2.75, 3.05) is 26.2 Å². The van der Waals surface area contributed by atoms with Gasteiger partial charge < -0.3 is 15.4 Å². The van der Waals surface area contributed by atoms with E-state index in [9.17, 15) is 0 Å². The number of hydrogen-bond acceptors (Lipinski definition) is 2. The number of aliphatic imine (C=N–C) groups is 1. The van der Waals surface area contributed by atoms with Crippen LogP contribution in [0.4, 0.5) is 0 Å². The van der Waals surface area contributed by atoms with Gasteiger partial charge in [-0.3, -0.25) is 4.99 Å². The largest absolute Gasteiger partial charge is 0.373 e. The number of hydrogen-bond donors (Lipinski definition) is 2. The van der Waals surface area contributed by atoms with Crippen molar-refractivity contribution in [3.63, 3.8) is 0 Å². The van der Waals surface area contributed by atoms with E-state index in [0.29, 0.717) is 0 Å². The summed E-state index contributed by atoms with van der Waals surface area (Å²) in [6.45, 7) is 7.83. The molecule has 0 radical (unpaired) electrons. The van der Waals surface area contributed by atoms with Crippen molar-refractivity contribution in [3.05, 3.63) is 35.4 Å². The van der Waals surface area contributed by atoms with Crippen molar-refractivity contribution in [2.24, 2.45) is 16.8 Å². The Kier molecular flexibility index (Phi) is 6.49. The molecule has 144 valence electrons. The maximum atomic E-state index is 5.86. The van der Waals surface area contributed by atoms with E-state index >= 15 is 0 Å². The molecule has 1 saturated heterocycles. The van der Waals surface area contributed by atoms with Crippen LogP contribution < -0.4 is 10.6 Å². The number of nitrogens with zero attached hydrogens (tertiary/aromatic N) is 1. The first-order valence-electron chi connectivity index (χ1n) is 9.94. The number of guanidine groups is 1. The minimum atomic E-state index is -0.0745. The number of benzene rings is 1. The molecule has 0 bridgehead atoms. The molecule has 4 nitrogen and oxygen atoms in total. The van der Waals surface area contributed by atoms with E-state index in [0.717, 1.165) is 62.8 Å². The third kappa shape index (κ3) is 4.19. The number of rotatable bonds is 5. The summed E-state index contributed by atoms with van der Waals surface area (Å²) >= 11 is 0. The van der Waals surface area contributed by atoms with Gasteiger partial charge in [-0.05, 0) is 68.4 Å². The maximum absolute atomic E-state index is 5.86. The summed E-state index contributed by atoms with van der Waals surface area (Å²) in [6.07, 6.45) is 4.85. The average Bonchev–Trinajstić information content (AvgIpc) is 3.19. The summed E-state index contributed by atoms with van der Waals surface area (Å²) < 4.78 is 5.86. The average molecular weight is 469 g/mol. The van der Waals surface area contributed by atoms with E-state index in [4.69, 9.17) is 9.73 Å². The highest BCUT2D eigenvalue weighted by molar-refractivity contribution is 14.0.